The van der Waals surface area contributed by atoms with Crippen LogP contribution < -0.4 is 10.1 Å². The van der Waals surface area contributed by atoms with E-state index in [0.29, 0.717) is 40.3 Å². The topological polar surface area (TPSA) is 108 Å². The lowest BCUT2D eigenvalue weighted by atomic mass is 10.1. The molecule has 31 heavy (non-hydrogen) atoms. The molecule has 4 rings (SSSR count). The lowest BCUT2D eigenvalue weighted by molar-refractivity contribution is -0.384. The zero-order valence-corrected chi connectivity index (χ0v) is 16.9. The largest absolute Gasteiger partial charge is 0.494 e. The molecule has 0 saturated carbocycles. The fraction of sp³-hybridized carbons (Fsp3) is 0.130. The second kappa shape index (κ2) is 8.27. The van der Waals surface area contributed by atoms with Crippen molar-refractivity contribution in [3.8, 4) is 17.2 Å². The highest BCUT2D eigenvalue weighted by molar-refractivity contribution is 6.13. The summed E-state index contributed by atoms with van der Waals surface area (Å²) in [6.45, 7) is 3.98. The first-order valence-corrected chi connectivity index (χ1v) is 9.65. The van der Waals surface area contributed by atoms with Crippen LogP contribution in [-0.4, -0.2) is 22.4 Å². The molecule has 156 valence electrons. The Kier molecular flexibility index (Phi) is 5.36. The van der Waals surface area contributed by atoms with E-state index in [-0.39, 0.29) is 11.4 Å². The van der Waals surface area contributed by atoms with E-state index in [2.05, 4.69) is 10.3 Å². The minimum Gasteiger partial charge on any atom is -0.494 e. The fourth-order valence-corrected chi connectivity index (χ4v) is 3.28. The Morgan fingerprint density at radius 3 is 2.68 bits per heavy atom. The number of hydrogen-bond donors (Lipinski definition) is 1. The molecule has 0 fully saturated rings. The number of carbonyl (C=O) groups excluding carboxylic acids is 1. The number of fused-ring (bicyclic) bond motifs is 1. The van der Waals surface area contributed by atoms with Crippen LogP contribution in [0, 0.1) is 17.0 Å². The molecule has 0 spiro atoms. The van der Waals surface area contributed by atoms with Gasteiger partial charge in [-0.15, -0.1) is 0 Å². The van der Waals surface area contributed by atoms with Gasteiger partial charge in [0.2, 0.25) is 0 Å². The summed E-state index contributed by atoms with van der Waals surface area (Å²) in [6, 6.07) is 16.8. The number of nitro groups is 1. The van der Waals surface area contributed by atoms with Gasteiger partial charge in [-0.2, -0.15) is 0 Å². The maximum absolute atomic E-state index is 13.2. The van der Waals surface area contributed by atoms with E-state index in [0.717, 1.165) is 5.76 Å². The zero-order chi connectivity index (χ0) is 22.0. The zero-order valence-electron chi connectivity index (χ0n) is 16.9. The van der Waals surface area contributed by atoms with Crippen molar-refractivity contribution >= 4 is 28.2 Å². The van der Waals surface area contributed by atoms with Crippen LogP contribution in [0.3, 0.4) is 0 Å². The molecule has 8 heteroatoms. The van der Waals surface area contributed by atoms with Gasteiger partial charge in [-0.05, 0) is 50.2 Å². The van der Waals surface area contributed by atoms with Gasteiger partial charge in [0.05, 0.1) is 28.7 Å². The second-order valence-electron chi connectivity index (χ2n) is 6.81. The Bertz CT molecular complexity index is 1300. The molecule has 0 atom stereocenters. The first-order chi connectivity index (χ1) is 15.0. The van der Waals surface area contributed by atoms with Gasteiger partial charge in [-0.3, -0.25) is 14.9 Å². The van der Waals surface area contributed by atoms with Gasteiger partial charge in [-0.1, -0.05) is 18.2 Å². The Balaban J connectivity index is 1.77. The van der Waals surface area contributed by atoms with Crippen LogP contribution in [0.4, 0.5) is 11.4 Å². The molecule has 0 radical (unpaired) electrons. The quantitative estimate of drug-likeness (QED) is 0.334. The number of para-hydroxylation sites is 1. The normalized spacial score (nSPS) is 10.8. The highest BCUT2D eigenvalue weighted by Gasteiger charge is 2.20. The third-order valence-corrected chi connectivity index (χ3v) is 4.68. The molecule has 0 unspecified atom stereocenters. The van der Waals surface area contributed by atoms with Crippen molar-refractivity contribution in [1.82, 2.24) is 4.98 Å². The Morgan fingerprint density at radius 2 is 1.97 bits per heavy atom. The van der Waals surface area contributed by atoms with E-state index in [9.17, 15) is 14.9 Å². The third-order valence-electron chi connectivity index (χ3n) is 4.68. The van der Waals surface area contributed by atoms with Crippen molar-refractivity contribution in [2.75, 3.05) is 11.9 Å². The average molecular weight is 417 g/mol. The van der Waals surface area contributed by atoms with Crippen LogP contribution in [0.25, 0.3) is 22.4 Å². The number of pyridine rings is 1. The Hall–Kier alpha value is -4.20. The lowest BCUT2D eigenvalue weighted by Crippen LogP contribution is -2.14. The number of rotatable bonds is 6. The van der Waals surface area contributed by atoms with Gasteiger partial charge < -0.3 is 14.5 Å². The molecule has 2 aromatic heterocycles. The van der Waals surface area contributed by atoms with Crippen LogP contribution in [0.2, 0.25) is 0 Å². The number of anilines is 1. The number of nitro benzene ring substituents is 1. The van der Waals surface area contributed by atoms with Crippen molar-refractivity contribution in [1.29, 1.82) is 0 Å². The molecule has 1 N–H and O–H groups in total. The minimum atomic E-state index is -0.556. The van der Waals surface area contributed by atoms with Crippen molar-refractivity contribution in [3.05, 3.63) is 82.1 Å². The van der Waals surface area contributed by atoms with E-state index in [1.807, 2.05) is 19.1 Å². The molecule has 4 aromatic rings. The molecule has 0 aliphatic heterocycles. The second-order valence-corrected chi connectivity index (χ2v) is 6.81. The maximum Gasteiger partial charge on any atom is 0.296 e. The molecular weight excluding hydrogens is 398 g/mol. The molecule has 8 nitrogen and oxygen atoms in total. The number of hydrogen-bond acceptors (Lipinski definition) is 6. The van der Waals surface area contributed by atoms with Gasteiger partial charge in [0, 0.05) is 5.39 Å². The Morgan fingerprint density at radius 1 is 1.16 bits per heavy atom. The molecule has 0 saturated heterocycles. The number of aryl methyl sites for hydroxylation is 1. The lowest BCUT2D eigenvalue weighted by Gasteiger charge is -2.11. The summed E-state index contributed by atoms with van der Waals surface area (Å²) in [6.07, 6.45) is 0. The molecule has 1 amide bonds. The number of ether oxygens (including phenoxy) is 1. The number of nitrogens with one attached hydrogen (secondary N) is 1. The molecule has 0 aliphatic rings. The van der Waals surface area contributed by atoms with Crippen molar-refractivity contribution in [2.45, 2.75) is 13.8 Å². The Labute approximate surface area is 177 Å². The van der Waals surface area contributed by atoms with Crippen LogP contribution >= 0.6 is 0 Å². The SMILES string of the molecule is CCOc1ccc(NC(=O)c2cc(-c3ccc(C)o3)nc3ccccc23)c([N+](=O)[O-])c1. The summed E-state index contributed by atoms with van der Waals surface area (Å²) in [4.78, 5) is 28.7. The maximum atomic E-state index is 13.2. The summed E-state index contributed by atoms with van der Waals surface area (Å²) in [5.74, 6) is 1.12. The predicted octanol–water partition coefficient (Wildman–Crippen LogP) is 5.36. The molecular formula is C23H19N3O5. The first kappa shape index (κ1) is 20.1. The van der Waals surface area contributed by atoms with Crippen LogP contribution in [0.1, 0.15) is 23.0 Å². The number of furan rings is 1. The highest BCUT2D eigenvalue weighted by Crippen LogP contribution is 2.31. The summed E-state index contributed by atoms with van der Waals surface area (Å²) in [5.41, 5.74) is 1.27. The van der Waals surface area contributed by atoms with E-state index in [4.69, 9.17) is 9.15 Å². The third kappa shape index (κ3) is 4.09. The van der Waals surface area contributed by atoms with Gasteiger partial charge in [-0.25, -0.2) is 4.98 Å². The van der Waals surface area contributed by atoms with Crippen LogP contribution in [0.15, 0.2) is 65.1 Å². The number of nitrogens with zero attached hydrogens (tertiary/aromatic N) is 2. The number of benzene rings is 2. The summed E-state index contributed by atoms with van der Waals surface area (Å²) in [5, 5.41) is 14.8. The van der Waals surface area contributed by atoms with E-state index >= 15 is 0 Å². The molecule has 0 bridgehead atoms. The first-order valence-electron chi connectivity index (χ1n) is 9.65. The number of amides is 1. The number of aromatic nitrogens is 1. The standard InChI is InChI=1S/C23H19N3O5/c1-3-30-15-9-10-19(21(12-15)26(28)29)25-23(27)17-13-20(22-11-8-14(2)31-22)24-18-7-5-4-6-16(17)18/h4-13H,3H2,1-2H3,(H,25,27). The van der Waals surface area contributed by atoms with Crippen LogP contribution in [0.5, 0.6) is 5.75 Å². The van der Waals surface area contributed by atoms with Gasteiger partial charge >= 0.3 is 0 Å². The van der Waals surface area contributed by atoms with E-state index in [1.54, 1.807) is 43.3 Å². The van der Waals surface area contributed by atoms with E-state index in [1.165, 1.54) is 12.1 Å². The molecule has 2 aromatic carbocycles. The van der Waals surface area contributed by atoms with Crippen molar-refractivity contribution < 1.29 is 18.9 Å². The van der Waals surface area contributed by atoms with E-state index < -0.39 is 10.8 Å². The summed E-state index contributed by atoms with van der Waals surface area (Å²) < 4.78 is 11.0. The highest BCUT2D eigenvalue weighted by atomic mass is 16.6. The monoisotopic (exact) mass is 417 g/mol. The molecule has 0 aliphatic carbocycles. The van der Waals surface area contributed by atoms with Crippen molar-refractivity contribution in [2.24, 2.45) is 0 Å². The summed E-state index contributed by atoms with van der Waals surface area (Å²) >= 11 is 0. The van der Waals surface area contributed by atoms with Gasteiger partial charge in [0.25, 0.3) is 11.6 Å². The van der Waals surface area contributed by atoms with Crippen molar-refractivity contribution in [3.63, 3.8) is 0 Å². The summed E-state index contributed by atoms with van der Waals surface area (Å²) in [7, 11) is 0. The predicted molar refractivity (Wildman–Crippen MR) is 116 cm³/mol. The minimum absolute atomic E-state index is 0.0785. The molecule has 2 heterocycles. The number of carbonyl (C=O) groups is 1. The average Bonchev–Trinajstić information content (AvgIpc) is 3.20. The van der Waals surface area contributed by atoms with Gasteiger partial charge in [0.15, 0.2) is 5.76 Å². The van der Waals surface area contributed by atoms with Gasteiger partial charge in [0.1, 0.15) is 22.9 Å². The van der Waals surface area contributed by atoms with Crippen LogP contribution in [-0.2, 0) is 0 Å². The smallest absolute Gasteiger partial charge is 0.296 e. The fourth-order valence-electron chi connectivity index (χ4n) is 3.28.